The Balaban J connectivity index is 2.49. The number of phenols is 1. The van der Waals surface area contributed by atoms with E-state index in [-0.39, 0.29) is 18.6 Å². The van der Waals surface area contributed by atoms with Gasteiger partial charge in [0, 0.05) is 13.0 Å². The summed E-state index contributed by atoms with van der Waals surface area (Å²) in [5.74, 6) is -1.96. The van der Waals surface area contributed by atoms with Crippen molar-refractivity contribution in [1.82, 2.24) is 5.32 Å². The highest BCUT2D eigenvalue weighted by Crippen LogP contribution is 2.10. The first-order valence-corrected chi connectivity index (χ1v) is 5.45. The molecular weight excluding hydrogens is 238 g/mol. The number of carboxylic acids is 2. The van der Waals surface area contributed by atoms with E-state index < -0.39 is 18.0 Å². The van der Waals surface area contributed by atoms with Crippen LogP contribution in [0.15, 0.2) is 24.3 Å². The van der Waals surface area contributed by atoms with Gasteiger partial charge in [-0.15, -0.1) is 0 Å². The van der Waals surface area contributed by atoms with Crippen molar-refractivity contribution in [1.29, 1.82) is 0 Å². The molecule has 0 bridgehead atoms. The maximum absolute atomic E-state index is 10.9. The van der Waals surface area contributed by atoms with Crippen LogP contribution in [0.2, 0.25) is 0 Å². The van der Waals surface area contributed by atoms with E-state index in [4.69, 9.17) is 15.3 Å². The molecule has 1 rings (SSSR count). The fourth-order valence-corrected chi connectivity index (χ4v) is 1.44. The molecular formula is C12H15NO5. The summed E-state index contributed by atoms with van der Waals surface area (Å²) < 4.78 is 0. The van der Waals surface area contributed by atoms with E-state index in [0.717, 1.165) is 5.56 Å². The third-order valence-electron chi connectivity index (χ3n) is 2.43. The lowest BCUT2D eigenvalue weighted by atomic mass is 10.1. The van der Waals surface area contributed by atoms with Crippen molar-refractivity contribution in [2.24, 2.45) is 0 Å². The van der Waals surface area contributed by atoms with Crippen LogP contribution in [0.5, 0.6) is 5.75 Å². The largest absolute Gasteiger partial charge is 0.508 e. The van der Waals surface area contributed by atoms with Gasteiger partial charge in [-0.3, -0.25) is 9.59 Å². The number of phenolic OH excluding ortho intramolecular Hbond substituents is 1. The van der Waals surface area contributed by atoms with E-state index in [1.165, 1.54) is 12.1 Å². The van der Waals surface area contributed by atoms with Crippen molar-refractivity contribution in [2.75, 3.05) is 0 Å². The third-order valence-corrected chi connectivity index (χ3v) is 2.43. The van der Waals surface area contributed by atoms with Crippen molar-refractivity contribution < 1.29 is 24.9 Å². The van der Waals surface area contributed by atoms with E-state index in [1.54, 1.807) is 12.1 Å². The summed E-state index contributed by atoms with van der Waals surface area (Å²) in [4.78, 5) is 21.3. The summed E-state index contributed by atoms with van der Waals surface area (Å²) in [7, 11) is 0. The average Bonchev–Trinajstić information content (AvgIpc) is 2.30. The summed E-state index contributed by atoms with van der Waals surface area (Å²) in [6.45, 7) is 0.302. The van der Waals surface area contributed by atoms with Crippen LogP contribution in [0, 0.1) is 0 Å². The van der Waals surface area contributed by atoms with Gasteiger partial charge in [0.1, 0.15) is 11.8 Å². The number of benzene rings is 1. The summed E-state index contributed by atoms with van der Waals surface area (Å²) in [6.07, 6.45) is -0.164. The lowest BCUT2D eigenvalue weighted by Gasteiger charge is -2.13. The molecule has 0 amide bonds. The number of aromatic hydroxyl groups is 1. The number of rotatable bonds is 7. The van der Waals surface area contributed by atoms with Crippen LogP contribution < -0.4 is 5.32 Å². The zero-order valence-electron chi connectivity index (χ0n) is 9.67. The summed E-state index contributed by atoms with van der Waals surface area (Å²) in [5.41, 5.74) is 0.814. The molecule has 1 aromatic carbocycles. The first kappa shape index (κ1) is 14.0. The van der Waals surface area contributed by atoms with Crippen LogP contribution in [-0.2, 0) is 16.1 Å². The van der Waals surface area contributed by atoms with E-state index in [0.29, 0.717) is 6.54 Å². The molecule has 98 valence electrons. The zero-order valence-corrected chi connectivity index (χ0v) is 9.67. The first-order valence-electron chi connectivity index (χ1n) is 5.45. The number of hydrogen-bond donors (Lipinski definition) is 4. The SMILES string of the molecule is O=C(O)CCC(NCc1ccc(O)cc1)C(=O)O. The molecule has 0 radical (unpaired) electrons. The molecule has 1 atom stereocenters. The Hall–Kier alpha value is -2.08. The van der Waals surface area contributed by atoms with E-state index in [1.807, 2.05) is 0 Å². The van der Waals surface area contributed by atoms with Crippen LogP contribution in [0.3, 0.4) is 0 Å². The van der Waals surface area contributed by atoms with E-state index in [2.05, 4.69) is 5.32 Å². The maximum atomic E-state index is 10.9. The molecule has 1 unspecified atom stereocenters. The lowest BCUT2D eigenvalue weighted by Crippen LogP contribution is -2.36. The molecule has 0 aliphatic heterocycles. The molecule has 0 aliphatic rings. The second-order valence-electron chi connectivity index (χ2n) is 3.87. The van der Waals surface area contributed by atoms with Crippen LogP contribution in [0.25, 0.3) is 0 Å². The number of nitrogens with one attached hydrogen (secondary N) is 1. The van der Waals surface area contributed by atoms with Gasteiger partial charge < -0.3 is 20.6 Å². The van der Waals surface area contributed by atoms with Gasteiger partial charge in [0.25, 0.3) is 0 Å². The number of aliphatic carboxylic acids is 2. The minimum atomic E-state index is -1.07. The molecule has 1 aromatic rings. The Labute approximate surface area is 104 Å². The van der Waals surface area contributed by atoms with Crippen LogP contribution in [0.1, 0.15) is 18.4 Å². The lowest BCUT2D eigenvalue weighted by molar-refractivity contribution is -0.140. The van der Waals surface area contributed by atoms with Crippen molar-refractivity contribution in [3.8, 4) is 5.75 Å². The van der Waals surface area contributed by atoms with Gasteiger partial charge in [-0.05, 0) is 24.1 Å². The minimum absolute atomic E-state index is 0.0305. The highest BCUT2D eigenvalue weighted by atomic mass is 16.4. The normalized spacial score (nSPS) is 12.0. The van der Waals surface area contributed by atoms with E-state index >= 15 is 0 Å². The topological polar surface area (TPSA) is 107 Å². The molecule has 0 saturated carbocycles. The second-order valence-corrected chi connectivity index (χ2v) is 3.87. The fraction of sp³-hybridized carbons (Fsp3) is 0.333. The van der Waals surface area contributed by atoms with Gasteiger partial charge >= 0.3 is 11.9 Å². The summed E-state index contributed by atoms with van der Waals surface area (Å²) >= 11 is 0. The van der Waals surface area contributed by atoms with E-state index in [9.17, 15) is 9.59 Å². The Kier molecular flexibility index (Phi) is 5.13. The Morgan fingerprint density at radius 1 is 1.17 bits per heavy atom. The maximum Gasteiger partial charge on any atom is 0.320 e. The van der Waals surface area contributed by atoms with Gasteiger partial charge in [-0.25, -0.2) is 0 Å². The molecule has 0 spiro atoms. The molecule has 0 fully saturated rings. The molecule has 0 aromatic heterocycles. The van der Waals surface area contributed by atoms with Crippen molar-refractivity contribution in [3.63, 3.8) is 0 Å². The standard InChI is InChI=1S/C12H15NO5/c14-9-3-1-8(2-4-9)7-13-10(12(17)18)5-6-11(15)16/h1-4,10,13-14H,5-7H2,(H,15,16)(H,17,18). The summed E-state index contributed by atoms with van der Waals surface area (Å²) in [6, 6.07) is 5.44. The average molecular weight is 253 g/mol. The molecule has 0 aliphatic carbocycles. The molecule has 6 nitrogen and oxygen atoms in total. The third kappa shape index (κ3) is 4.84. The molecule has 0 saturated heterocycles. The van der Waals surface area contributed by atoms with Gasteiger partial charge in [0.2, 0.25) is 0 Å². The Morgan fingerprint density at radius 2 is 1.78 bits per heavy atom. The predicted octanol–water partition coefficient (Wildman–Crippen LogP) is 0.800. The highest BCUT2D eigenvalue weighted by molar-refractivity contribution is 5.75. The monoisotopic (exact) mass is 253 g/mol. The van der Waals surface area contributed by atoms with Gasteiger partial charge in [0.15, 0.2) is 0 Å². The number of hydrogen-bond acceptors (Lipinski definition) is 4. The smallest absolute Gasteiger partial charge is 0.320 e. The molecule has 18 heavy (non-hydrogen) atoms. The minimum Gasteiger partial charge on any atom is -0.508 e. The van der Waals surface area contributed by atoms with Crippen molar-refractivity contribution in [3.05, 3.63) is 29.8 Å². The van der Waals surface area contributed by atoms with Gasteiger partial charge in [-0.2, -0.15) is 0 Å². The fourth-order valence-electron chi connectivity index (χ4n) is 1.44. The quantitative estimate of drug-likeness (QED) is 0.572. The summed E-state index contributed by atoms with van der Waals surface area (Å²) in [5, 5.41) is 29.3. The first-order chi connectivity index (χ1) is 8.49. The van der Waals surface area contributed by atoms with Crippen LogP contribution >= 0.6 is 0 Å². The number of carboxylic acid groups (broad SMARTS) is 2. The predicted molar refractivity (Wildman–Crippen MR) is 63.2 cm³/mol. The van der Waals surface area contributed by atoms with Gasteiger partial charge in [-0.1, -0.05) is 12.1 Å². The van der Waals surface area contributed by atoms with Crippen molar-refractivity contribution in [2.45, 2.75) is 25.4 Å². The van der Waals surface area contributed by atoms with Crippen LogP contribution in [-0.4, -0.2) is 33.3 Å². The molecule has 4 N–H and O–H groups in total. The number of carbonyl (C=O) groups is 2. The van der Waals surface area contributed by atoms with Crippen LogP contribution in [0.4, 0.5) is 0 Å². The molecule has 0 heterocycles. The highest BCUT2D eigenvalue weighted by Gasteiger charge is 2.17. The zero-order chi connectivity index (χ0) is 13.5. The Morgan fingerprint density at radius 3 is 2.28 bits per heavy atom. The Bertz CT molecular complexity index is 415. The molecule has 6 heteroatoms. The van der Waals surface area contributed by atoms with Gasteiger partial charge in [0.05, 0.1) is 0 Å². The second kappa shape index (κ2) is 6.61. The van der Waals surface area contributed by atoms with Crippen molar-refractivity contribution >= 4 is 11.9 Å².